The Balaban J connectivity index is 1.83. The molecule has 0 spiro atoms. The van der Waals surface area contributed by atoms with Crippen molar-refractivity contribution in [3.8, 4) is 0 Å². The fraction of sp³-hybridized carbons (Fsp3) is 0.231. The molecule has 2 aromatic rings. The van der Waals surface area contributed by atoms with Crippen LogP contribution in [-0.2, 0) is 6.42 Å². The zero-order valence-electron chi connectivity index (χ0n) is 9.94. The largest absolute Gasteiger partial charge is 0.361 e. The van der Waals surface area contributed by atoms with E-state index >= 15 is 0 Å². The number of aryl methyl sites for hydroxylation is 1. The van der Waals surface area contributed by atoms with Crippen LogP contribution in [0.15, 0.2) is 34.9 Å². The Morgan fingerprint density at radius 3 is 2.72 bits per heavy atom. The number of rotatable bonds is 4. The highest BCUT2D eigenvalue weighted by Gasteiger charge is 2.05. The van der Waals surface area contributed by atoms with Crippen LogP contribution in [0.25, 0.3) is 0 Å². The SMILES string of the molecule is Cc1cc(CCNC(=O)c2ccc(Cl)cc2)no1. The standard InChI is InChI=1S/C13H13ClN2O2/c1-9-8-12(16-18-9)6-7-15-13(17)10-2-4-11(14)5-3-10/h2-5,8H,6-7H2,1H3,(H,15,17). The summed E-state index contributed by atoms with van der Waals surface area (Å²) in [6, 6.07) is 8.62. The molecule has 4 nitrogen and oxygen atoms in total. The first-order valence-corrected chi connectivity index (χ1v) is 5.99. The average molecular weight is 265 g/mol. The van der Waals surface area contributed by atoms with Crippen LogP contribution in [0.5, 0.6) is 0 Å². The van der Waals surface area contributed by atoms with E-state index in [1.807, 2.05) is 13.0 Å². The van der Waals surface area contributed by atoms with E-state index in [9.17, 15) is 4.79 Å². The van der Waals surface area contributed by atoms with Crippen LogP contribution in [0, 0.1) is 6.92 Å². The maximum absolute atomic E-state index is 11.8. The third-order valence-corrected chi connectivity index (χ3v) is 2.70. The summed E-state index contributed by atoms with van der Waals surface area (Å²) in [5, 5.41) is 7.28. The summed E-state index contributed by atoms with van der Waals surface area (Å²) < 4.78 is 4.94. The Bertz CT molecular complexity index is 534. The first kappa shape index (κ1) is 12.6. The predicted octanol–water partition coefficient (Wildman–Crippen LogP) is 2.61. The first-order valence-electron chi connectivity index (χ1n) is 5.61. The number of amides is 1. The van der Waals surface area contributed by atoms with Crippen LogP contribution in [0.2, 0.25) is 5.02 Å². The molecule has 0 bridgehead atoms. The van der Waals surface area contributed by atoms with Crippen molar-refractivity contribution in [3.05, 3.63) is 52.4 Å². The fourth-order valence-electron chi connectivity index (χ4n) is 1.54. The molecule has 0 saturated carbocycles. The van der Waals surface area contributed by atoms with Gasteiger partial charge in [0.05, 0.1) is 5.69 Å². The van der Waals surface area contributed by atoms with Gasteiger partial charge in [-0.3, -0.25) is 4.79 Å². The smallest absolute Gasteiger partial charge is 0.251 e. The molecule has 1 heterocycles. The van der Waals surface area contributed by atoms with E-state index in [4.69, 9.17) is 16.1 Å². The molecular formula is C13H13ClN2O2. The normalized spacial score (nSPS) is 10.3. The van der Waals surface area contributed by atoms with E-state index in [0.717, 1.165) is 11.5 Å². The summed E-state index contributed by atoms with van der Waals surface area (Å²) in [5.74, 6) is 0.654. The molecule has 94 valence electrons. The van der Waals surface area contributed by atoms with Crippen molar-refractivity contribution < 1.29 is 9.32 Å². The van der Waals surface area contributed by atoms with Crippen LogP contribution in [-0.4, -0.2) is 17.6 Å². The van der Waals surface area contributed by atoms with E-state index in [1.165, 1.54) is 0 Å². The van der Waals surface area contributed by atoms with E-state index in [2.05, 4.69) is 10.5 Å². The lowest BCUT2D eigenvalue weighted by Crippen LogP contribution is -2.25. The summed E-state index contributed by atoms with van der Waals surface area (Å²) in [7, 11) is 0. The van der Waals surface area contributed by atoms with Crippen LogP contribution < -0.4 is 5.32 Å². The van der Waals surface area contributed by atoms with Crippen LogP contribution in [0.4, 0.5) is 0 Å². The van der Waals surface area contributed by atoms with Gasteiger partial charge in [0.15, 0.2) is 0 Å². The highest BCUT2D eigenvalue weighted by atomic mass is 35.5. The van der Waals surface area contributed by atoms with Crippen molar-refractivity contribution in [2.24, 2.45) is 0 Å². The number of hydrogen-bond acceptors (Lipinski definition) is 3. The molecule has 1 aromatic heterocycles. The molecule has 0 atom stereocenters. The summed E-state index contributed by atoms with van der Waals surface area (Å²) >= 11 is 5.75. The zero-order chi connectivity index (χ0) is 13.0. The predicted molar refractivity (Wildman–Crippen MR) is 68.7 cm³/mol. The Morgan fingerprint density at radius 1 is 1.39 bits per heavy atom. The lowest BCUT2D eigenvalue weighted by atomic mass is 10.2. The third kappa shape index (κ3) is 3.34. The van der Waals surface area contributed by atoms with Crippen LogP contribution in [0.3, 0.4) is 0 Å². The molecule has 0 aliphatic heterocycles. The third-order valence-electron chi connectivity index (χ3n) is 2.45. The second-order valence-corrected chi connectivity index (χ2v) is 4.38. The number of nitrogens with one attached hydrogen (secondary N) is 1. The van der Waals surface area contributed by atoms with Gasteiger partial charge < -0.3 is 9.84 Å². The van der Waals surface area contributed by atoms with Gasteiger partial charge in [0, 0.05) is 29.6 Å². The highest BCUT2D eigenvalue weighted by molar-refractivity contribution is 6.30. The number of carbonyl (C=O) groups excluding carboxylic acids is 1. The summed E-state index contributed by atoms with van der Waals surface area (Å²) in [6.07, 6.45) is 0.649. The van der Waals surface area contributed by atoms with Crippen molar-refractivity contribution in [1.29, 1.82) is 0 Å². The molecule has 5 heteroatoms. The molecule has 1 amide bonds. The lowest BCUT2D eigenvalue weighted by Gasteiger charge is -2.03. The van der Waals surface area contributed by atoms with Gasteiger partial charge in [0.2, 0.25) is 0 Å². The topological polar surface area (TPSA) is 55.1 Å². The van der Waals surface area contributed by atoms with E-state index in [0.29, 0.717) is 23.6 Å². The second-order valence-electron chi connectivity index (χ2n) is 3.94. The summed E-state index contributed by atoms with van der Waals surface area (Å²) in [4.78, 5) is 11.8. The average Bonchev–Trinajstić information content (AvgIpc) is 2.76. The minimum atomic E-state index is -0.119. The number of carbonyl (C=O) groups is 1. The molecule has 0 saturated heterocycles. The molecule has 1 N–H and O–H groups in total. The second kappa shape index (κ2) is 5.69. The molecule has 0 radical (unpaired) electrons. The maximum Gasteiger partial charge on any atom is 0.251 e. The molecule has 0 unspecified atom stereocenters. The highest BCUT2D eigenvalue weighted by Crippen LogP contribution is 2.09. The van der Waals surface area contributed by atoms with Gasteiger partial charge in [-0.1, -0.05) is 16.8 Å². The Kier molecular flexibility index (Phi) is 3.99. The number of hydrogen-bond donors (Lipinski definition) is 1. The lowest BCUT2D eigenvalue weighted by molar-refractivity contribution is 0.0954. The monoisotopic (exact) mass is 264 g/mol. The van der Waals surface area contributed by atoms with Gasteiger partial charge in [-0.05, 0) is 31.2 Å². The molecule has 2 rings (SSSR count). The fourth-order valence-corrected chi connectivity index (χ4v) is 1.67. The Morgan fingerprint density at radius 2 is 2.11 bits per heavy atom. The molecule has 18 heavy (non-hydrogen) atoms. The van der Waals surface area contributed by atoms with Crippen molar-refractivity contribution in [3.63, 3.8) is 0 Å². The molecule has 1 aromatic carbocycles. The van der Waals surface area contributed by atoms with Gasteiger partial charge in [0.1, 0.15) is 5.76 Å². The quantitative estimate of drug-likeness (QED) is 0.924. The molecule has 0 aliphatic carbocycles. The van der Waals surface area contributed by atoms with Gasteiger partial charge in [-0.15, -0.1) is 0 Å². The molecule has 0 fully saturated rings. The van der Waals surface area contributed by atoms with Gasteiger partial charge in [0.25, 0.3) is 5.91 Å². The number of benzene rings is 1. The first-order chi connectivity index (χ1) is 8.65. The Hall–Kier alpha value is -1.81. The number of aromatic nitrogens is 1. The van der Waals surface area contributed by atoms with Crippen molar-refractivity contribution in [1.82, 2.24) is 10.5 Å². The molecular weight excluding hydrogens is 252 g/mol. The summed E-state index contributed by atoms with van der Waals surface area (Å²) in [6.45, 7) is 2.36. The van der Waals surface area contributed by atoms with Gasteiger partial charge >= 0.3 is 0 Å². The van der Waals surface area contributed by atoms with E-state index in [-0.39, 0.29) is 5.91 Å². The minimum Gasteiger partial charge on any atom is -0.361 e. The van der Waals surface area contributed by atoms with Crippen LogP contribution >= 0.6 is 11.6 Å². The number of halogens is 1. The number of nitrogens with zero attached hydrogens (tertiary/aromatic N) is 1. The maximum atomic E-state index is 11.8. The van der Waals surface area contributed by atoms with Crippen molar-refractivity contribution >= 4 is 17.5 Å². The Labute approximate surface area is 110 Å². The van der Waals surface area contributed by atoms with Crippen LogP contribution in [0.1, 0.15) is 21.8 Å². The minimum absolute atomic E-state index is 0.119. The van der Waals surface area contributed by atoms with Crippen molar-refractivity contribution in [2.75, 3.05) is 6.54 Å². The van der Waals surface area contributed by atoms with E-state index in [1.54, 1.807) is 24.3 Å². The van der Waals surface area contributed by atoms with Crippen molar-refractivity contribution in [2.45, 2.75) is 13.3 Å². The summed E-state index contributed by atoms with van der Waals surface area (Å²) in [5.41, 5.74) is 1.43. The van der Waals surface area contributed by atoms with Gasteiger partial charge in [-0.2, -0.15) is 0 Å². The zero-order valence-corrected chi connectivity index (χ0v) is 10.7. The molecule has 0 aliphatic rings. The van der Waals surface area contributed by atoms with Gasteiger partial charge in [-0.25, -0.2) is 0 Å². The van der Waals surface area contributed by atoms with E-state index < -0.39 is 0 Å².